The molecular weight excluding hydrogens is 400 g/mol. The van der Waals surface area contributed by atoms with Crippen molar-refractivity contribution in [1.29, 1.82) is 0 Å². The molecule has 1 aromatic carbocycles. The lowest BCUT2D eigenvalue weighted by atomic mass is 9.89. The molecule has 0 radical (unpaired) electrons. The van der Waals surface area contributed by atoms with Crippen LogP contribution in [0.15, 0.2) is 18.2 Å². The van der Waals surface area contributed by atoms with Crippen LogP contribution in [-0.2, 0) is 6.42 Å². The third kappa shape index (κ3) is 3.74. The minimum Gasteiger partial charge on any atom is -0.493 e. The molecule has 1 N–H and O–H groups in total. The summed E-state index contributed by atoms with van der Waals surface area (Å²) in [6.45, 7) is 8.54. The number of methoxy groups -OCH3 is 2. The van der Waals surface area contributed by atoms with Crippen LogP contribution >= 0.6 is 11.3 Å². The first-order valence-corrected chi connectivity index (χ1v) is 11.3. The number of nitrogens with zero attached hydrogens (tertiary/aromatic N) is 4. The second-order valence-corrected chi connectivity index (χ2v) is 9.29. The molecule has 1 aliphatic heterocycles. The van der Waals surface area contributed by atoms with E-state index >= 15 is 0 Å². The van der Waals surface area contributed by atoms with E-state index in [0.29, 0.717) is 23.3 Å². The molecule has 3 heterocycles. The first-order chi connectivity index (χ1) is 14.4. The Morgan fingerprint density at radius 2 is 1.87 bits per heavy atom. The van der Waals surface area contributed by atoms with Gasteiger partial charge in [-0.3, -0.25) is 4.90 Å². The van der Waals surface area contributed by atoms with E-state index in [4.69, 9.17) is 9.47 Å². The van der Waals surface area contributed by atoms with Crippen LogP contribution in [0.1, 0.15) is 49.5 Å². The van der Waals surface area contributed by atoms with Crippen LogP contribution in [0, 0.1) is 11.8 Å². The molecule has 2 aromatic heterocycles. The van der Waals surface area contributed by atoms with Gasteiger partial charge in [0.05, 0.1) is 25.1 Å². The molecule has 0 aliphatic carbocycles. The fourth-order valence-corrected chi connectivity index (χ4v) is 5.73. The lowest BCUT2D eigenvalue weighted by molar-refractivity contribution is 0.111. The van der Waals surface area contributed by atoms with Gasteiger partial charge < -0.3 is 14.6 Å². The fraction of sp³-hybridized carbons (Fsp3) is 0.545. The zero-order valence-electron chi connectivity index (χ0n) is 18.3. The summed E-state index contributed by atoms with van der Waals surface area (Å²) >= 11 is 1.51. The molecule has 30 heavy (non-hydrogen) atoms. The van der Waals surface area contributed by atoms with Crippen molar-refractivity contribution in [2.24, 2.45) is 11.8 Å². The van der Waals surface area contributed by atoms with Crippen LogP contribution in [0.25, 0.3) is 4.96 Å². The standard InChI is InChI=1S/C22H30N4O3S/c1-6-18-23-22-26(24-18)21(27)20(30-22)19(25-11-13(2)9-14(3)12-25)15-7-8-16(28-4)17(10-15)29-5/h7-8,10,13-14,19,27H,6,9,11-12H2,1-5H3/t13-,14-,19-/m0/s1. The van der Waals surface area contributed by atoms with Crippen molar-refractivity contribution in [3.05, 3.63) is 34.5 Å². The second kappa shape index (κ2) is 8.43. The Morgan fingerprint density at radius 1 is 1.17 bits per heavy atom. The third-order valence-corrected chi connectivity index (χ3v) is 6.87. The smallest absolute Gasteiger partial charge is 0.230 e. The van der Waals surface area contributed by atoms with Crippen molar-refractivity contribution in [2.75, 3.05) is 27.3 Å². The maximum Gasteiger partial charge on any atom is 0.230 e. The third-order valence-electron chi connectivity index (χ3n) is 5.79. The van der Waals surface area contributed by atoms with Crippen LogP contribution in [-0.4, -0.2) is 51.9 Å². The highest BCUT2D eigenvalue weighted by Gasteiger charge is 2.34. The maximum absolute atomic E-state index is 11.1. The van der Waals surface area contributed by atoms with Crippen LogP contribution in [0.4, 0.5) is 0 Å². The Bertz CT molecular complexity index is 1020. The summed E-state index contributed by atoms with van der Waals surface area (Å²) < 4.78 is 12.6. The van der Waals surface area contributed by atoms with Crippen molar-refractivity contribution in [3.8, 4) is 17.4 Å². The summed E-state index contributed by atoms with van der Waals surface area (Å²) in [5, 5.41) is 15.6. The van der Waals surface area contributed by atoms with Gasteiger partial charge in [0.15, 0.2) is 17.3 Å². The predicted octanol–water partition coefficient (Wildman–Crippen LogP) is 4.14. The van der Waals surface area contributed by atoms with Gasteiger partial charge in [0.25, 0.3) is 0 Å². The molecule has 1 fully saturated rings. The number of aryl methyl sites for hydroxylation is 1. The lowest BCUT2D eigenvalue weighted by Gasteiger charge is -2.40. The highest BCUT2D eigenvalue weighted by Crippen LogP contribution is 2.43. The number of hydrogen-bond acceptors (Lipinski definition) is 7. The number of piperidine rings is 1. The van der Waals surface area contributed by atoms with Gasteiger partial charge in [-0.2, -0.15) is 4.52 Å². The van der Waals surface area contributed by atoms with Gasteiger partial charge >= 0.3 is 0 Å². The molecule has 1 saturated heterocycles. The Kier molecular flexibility index (Phi) is 5.88. The number of aromatic hydroxyl groups is 1. The number of thiazole rings is 1. The van der Waals surface area contributed by atoms with E-state index in [1.54, 1.807) is 18.7 Å². The normalized spacial score (nSPS) is 21.1. The van der Waals surface area contributed by atoms with Gasteiger partial charge in [-0.15, -0.1) is 5.10 Å². The van der Waals surface area contributed by atoms with Crippen molar-refractivity contribution >= 4 is 16.3 Å². The summed E-state index contributed by atoms with van der Waals surface area (Å²) in [5.41, 5.74) is 1.06. The summed E-state index contributed by atoms with van der Waals surface area (Å²) in [6.07, 6.45) is 1.96. The number of aromatic nitrogens is 3. The van der Waals surface area contributed by atoms with Crippen molar-refractivity contribution in [3.63, 3.8) is 0 Å². The van der Waals surface area contributed by atoms with E-state index in [-0.39, 0.29) is 11.9 Å². The molecule has 3 atom stereocenters. The first-order valence-electron chi connectivity index (χ1n) is 10.5. The summed E-state index contributed by atoms with van der Waals surface area (Å²) in [5.74, 6) is 3.48. The van der Waals surface area contributed by atoms with Crippen LogP contribution in [0.5, 0.6) is 17.4 Å². The number of fused-ring (bicyclic) bond motifs is 1. The molecular formula is C22H30N4O3S. The lowest BCUT2D eigenvalue weighted by Crippen LogP contribution is -2.41. The number of benzene rings is 1. The monoisotopic (exact) mass is 430 g/mol. The van der Waals surface area contributed by atoms with E-state index in [0.717, 1.165) is 40.7 Å². The molecule has 8 heteroatoms. The number of likely N-dealkylation sites (tertiary alicyclic amines) is 1. The van der Waals surface area contributed by atoms with Crippen molar-refractivity contribution in [2.45, 2.75) is 39.7 Å². The number of ether oxygens (including phenoxy) is 2. The van der Waals surface area contributed by atoms with Gasteiger partial charge in [-0.1, -0.05) is 38.2 Å². The van der Waals surface area contributed by atoms with E-state index in [9.17, 15) is 5.11 Å². The number of rotatable bonds is 6. The average molecular weight is 431 g/mol. The van der Waals surface area contributed by atoms with Crippen LogP contribution in [0.3, 0.4) is 0 Å². The molecule has 0 spiro atoms. The van der Waals surface area contributed by atoms with E-state index in [1.807, 2.05) is 19.1 Å². The molecule has 0 amide bonds. The molecule has 7 nitrogen and oxygen atoms in total. The predicted molar refractivity (Wildman–Crippen MR) is 118 cm³/mol. The average Bonchev–Trinajstić information content (AvgIpc) is 3.26. The van der Waals surface area contributed by atoms with E-state index < -0.39 is 0 Å². The van der Waals surface area contributed by atoms with Crippen molar-refractivity contribution in [1.82, 2.24) is 19.5 Å². The largest absolute Gasteiger partial charge is 0.493 e. The SMILES string of the molecule is CCc1nc2sc([C@H](c3ccc(OC)c(OC)c3)N3C[C@@H](C)C[C@H](C)C3)c(O)n2n1. The molecule has 162 valence electrons. The zero-order chi connectivity index (χ0) is 21.4. The molecule has 0 bridgehead atoms. The number of hydrogen-bond donors (Lipinski definition) is 1. The summed E-state index contributed by atoms with van der Waals surface area (Å²) in [6, 6.07) is 5.90. The minimum absolute atomic E-state index is 0.103. The van der Waals surface area contributed by atoms with Crippen LogP contribution in [0.2, 0.25) is 0 Å². The molecule has 0 saturated carbocycles. The quantitative estimate of drug-likeness (QED) is 0.634. The van der Waals surface area contributed by atoms with Gasteiger partial charge in [0.1, 0.15) is 0 Å². The van der Waals surface area contributed by atoms with E-state index in [1.165, 1.54) is 17.8 Å². The second-order valence-electron chi connectivity index (χ2n) is 8.28. The summed E-state index contributed by atoms with van der Waals surface area (Å²) in [7, 11) is 3.29. The molecule has 0 unspecified atom stereocenters. The molecule has 4 rings (SSSR count). The van der Waals surface area contributed by atoms with Crippen LogP contribution < -0.4 is 9.47 Å². The maximum atomic E-state index is 11.1. The molecule has 3 aromatic rings. The summed E-state index contributed by atoms with van der Waals surface area (Å²) in [4.78, 5) is 8.62. The first kappa shape index (κ1) is 20.9. The molecule has 1 aliphatic rings. The topological polar surface area (TPSA) is 72.1 Å². The highest BCUT2D eigenvalue weighted by atomic mass is 32.1. The fourth-order valence-electron chi connectivity index (χ4n) is 4.59. The van der Waals surface area contributed by atoms with Gasteiger partial charge in [0.2, 0.25) is 10.8 Å². The Hall–Kier alpha value is -2.32. The Labute approximate surface area is 181 Å². The van der Waals surface area contributed by atoms with Gasteiger partial charge in [-0.05, 0) is 36.0 Å². The highest BCUT2D eigenvalue weighted by molar-refractivity contribution is 7.17. The van der Waals surface area contributed by atoms with Crippen molar-refractivity contribution < 1.29 is 14.6 Å². The zero-order valence-corrected chi connectivity index (χ0v) is 19.1. The van der Waals surface area contributed by atoms with Gasteiger partial charge in [0, 0.05) is 19.5 Å². The minimum atomic E-state index is -0.103. The Morgan fingerprint density at radius 3 is 2.47 bits per heavy atom. The van der Waals surface area contributed by atoms with Gasteiger partial charge in [-0.25, -0.2) is 4.98 Å². The van der Waals surface area contributed by atoms with E-state index in [2.05, 4.69) is 34.9 Å². The Balaban J connectivity index is 1.84.